The second kappa shape index (κ2) is 4.71. The van der Waals surface area contributed by atoms with Crippen molar-refractivity contribution in [2.75, 3.05) is 0 Å². The summed E-state index contributed by atoms with van der Waals surface area (Å²) in [5.41, 5.74) is 1.21. The summed E-state index contributed by atoms with van der Waals surface area (Å²) in [4.78, 5) is 12.0. The molecule has 0 bridgehead atoms. The average Bonchev–Trinajstić information content (AvgIpc) is 2.50. The van der Waals surface area contributed by atoms with Crippen LogP contribution in [-0.4, -0.2) is 9.78 Å². The first-order chi connectivity index (χ1) is 7.98. The van der Waals surface area contributed by atoms with Crippen LogP contribution >= 0.6 is 0 Å². The van der Waals surface area contributed by atoms with Crippen LogP contribution in [0.15, 0.2) is 10.9 Å². The van der Waals surface area contributed by atoms with Crippen molar-refractivity contribution in [3.63, 3.8) is 0 Å². The molecular weight excluding hydrogens is 212 g/mol. The van der Waals surface area contributed by atoms with Gasteiger partial charge in [0.05, 0.1) is 6.04 Å². The van der Waals surface area contributed by atoms with E-state index in [2.05, 4.69) is 25.9 Å². The quantitative estimate of drug-likeness (QED) is 0.746. The van der Waals surface area contributed by atoms with E-state index < -0.39 is 0 Å². The van der Waals surface area contributed by atoms with Crippen LogP contribution in [-0.2, 0) is 5.41 Å². The molecule has 0 aromatic carbocycles. The van der Waals surface area contributed by atoms with E-state index in [9.17, 15) is 4.79 Å². The lowest BCUT2D eigenvalue weighted by Crippen LogP contribution is -2.22. The van der Waals surface area contributed by atoms with Gasteiger partial charge in [-0.3, -0.25) is 9.89 Å². The number of aromatic nitrogens is 2. The number of hydrogen-bond acceptors (Lipinski definition) is 1. The fourth-order valence-corrected chi connectivity index (χ4v) is 2.58. The summed E-state index contributed by atoms with van der Waals surface area (Å²) in [7, 11) is 0. The minimum atomic E-state index is 0.0230. The fraction of sp³-hybridized carbons (Fsp3) is 0.786. The first-order valence-corrected chi connectivity index (χ1v) is 6.80. The lowest BCUT2D eigenvalue weighted by molar-refractivity contribution is 0.388. The Morgan fingerprint density at radius 3 is 2.24 bits per heavy atom. The molecule has 1 saturated carbocycles. The molecular formula is C14H24N2O. The molecule has 1 aliphatic carbocycles. The maximum Gasteiger partial charge on any atom is 0.266 e. The van der Waals surface area contributed by atoms with Crippen molar-refractivity contribution in [3.05, 3.63) is 22.1 Å². The van der Waals surface area contributed by atoms with Gasteiger partial charge in [0.2, 0.25) is 0 Å². The fourth-order valence-electron chi connectivity index (χ4n) is 2.58. The molecule has 0 atom stereocenters. The van der Waals surface area contributed by atoms with Gasteiger partial charge < -0.3 is 0 Å². The zero-order valence-corrected chi connectivity index (χ0v) is 11.3. The predicted molar refractivity (Wildman–Crippen MR) is 70.5 cm³/mol. The van der Waals surface area contributed by atoms with Gasteiger partial charge in [0.1, 0.15) is 0 Å². The van der Waals surface area contributed by atoms with Crippen molar-refractivity contribution in [2.24, 2.45) is 0 Å². The first kappa shape index (κ1) is 12.5. The first-order valence-electron chi connectivity index (χ1n) is 6.80. The molecule has 17 heavy (non-hydrogen) atoms. The van der Waals surface area contributed by atoms with Crippen LogP contribution in [0.5, 0.6) is 0 Å². The van der Waals surface area contributed by atoms with Crippen molar-refractivity contribution in [2.45, 2.75) is 70.8 Å². The molecule has 0 unspecified atom stereocenters. The van der Waals surface area contributed by atoms with E-state index in [1.54, 1.807) is 6.07 Å². The SMILES string of the molecule is CC(C)(C)c1cc(=O)n(C2CCCCCC2)[nH]1. The van der Waals surface area contributed by atoms with Gasteiger partial charge in [-0.25, -0.2) is 4.68 Å². The van der Waals surface area contributed by atoms with E-state index >= 15 is 0 Å². The second-order valence-corrected chi connectivity index (χ2v) is 6.27. The third-order valence-electron chi connectivity index (χ3n) is 3.74. The zero-order valence-electron chi connectivity index (χ0n) is 11.3. The number of nitrogens with zero attached hydrogens (tertiary/aromatic N) is 1. The summed E-state index contributed by atoms with van der Waals surface area (Å²) in [5, 5.41) is 3.32. The third kappa shape index (κ3) is 2.82. The highest BCUT2D eigenvalue weighted by Crippen LogP contribution is 2.26. The average molecular weight is 236 g/mol. The van der Waals surface area contributed by atoms with Gasteiger partial charge in [-0.1, -0.05) is 46.5 Å². The molecule has 1 heterocycles. The van der Waals surface area contributed by atoms with Crippen molar-refractivity contribution < 1.29 is 0 Å². The van der Waals surface area contributed by atoms with Gasteiger partial charge in [0.15, 0.2) is 0 Å². The highest BCUT2D eigenvalue weighted by atomic mass is 16.1. The highest BCUT2D eigenvalue weighted by molar-refractivity contribution is 5.11. The molecule has 1 aromatic heterocycles. The Morgan fingerprint density at radius 1 is 1.18 bits per heavy atom. The lowest BCUT2D eigenvalue weighted by atomic mass is 9.93. The molecule has 0 amide bonds. The standard InChI is InChI=1S/C14H24N2O/c1-14(2,3)12-10-13(17)16(15-12)11-8-6-4-5-7-9-11/h10-11,15H,4-9H2,1-3H3. The maximum atomic E-state index is 12.0. The molecule has 2 rings (SSSR count). The van der Waals surface area contributed by atoms with Gasteiger partial charge in [0.25, 0.3) is 5.56 Å². The molecule has 1 aliphatic rings. The minimum Gasteiger partial charge on any atom is -0.299 e. The molecule has 1 aromatic rings. The monoisotopic (exact) mass is 236 g/mol. The lowest BCUT2D eigenvalue weighted by Gasteiger charge is -2.18. The Bertz CT molecular complexity index is 414. The Balaban J connectivity index is 2.26. The van der Waals surface area contributed by atoms with E-state index in [1.165, 1.54) is 25.7 Å². The summed E-state index contributed by atoms with van der Waals surface area (Å²) in [5.74, 6) is 0. The van der Waals surface area contributed by atoms with E-state index in [4.69, 9.17) is 0 Å². The number of hydrogen-bond donors (Lipinski definition) is 1. The Kier molecular flexibility index (Phi) is 3.45. The van der Waals surface area contributed by atoms with Crippen LogP contribution in [0.3, 0.4) is 0 Å². The van der Waals surface area contributed by atoms with Gasteiger partial charge in [-0.2, -0.15) is 0 Å². The van der Waals surface area contributed by atoms with Gasteiger partial charge in [0, 0.05) is 17.2 Å². The van der Waals surface area contributed by atoms with Crippen molar-refractivity contribution in [1.29, 1.82) is 0 Å². The summed E-state index contributed by atoms with van der Waals surface area (Å²) in [6.45, 7) is 6.40. The van der Waals surface area contributed by atoms with E-state index in [0.717, 1.165) is 18.5 Å². The topological polar surface area (TPSA) is 37.8 Å². The van der Waals surface area contributed by atoms with Crippen molar-refractivity contribution >= 4 is 0 Å². The number of aromatic amines is 1. The third-order valence-corrected chi connectivity index (χ3v) is 3.74. The van der Waals surface area contributed by atoms with Gasteiger partial charge in [-0.05, 0) is 12.8 Å². The number of nitrogens with one attached hydrogen (secondary N) is 1. The number of H-pyrrole nitrogens is 1. The predicted octanol–water partition coefficient (Wildman–Crippen LogP) is 3.37. The smallest absolute Gasteiger partial charge is 0.266 e. The Labute approximate surface area is 103 Å². The maximum absolute atomic E-state index is 12.0. The van der Waals surface area contributed by atoms with Gasteiger partial charge in [-0.15, -0.1) is 0 Å². The normalized spacial score (nSPS) is 19.2. The molecule has 1 fully saturated rings. The molecule has 0 aliphatic heterocycles. The second-order valence-electron chi connectivity index (χ2n) is 6.27. The minimum absolute atomic E-state index is 0.0230. The van der Waals surface area contributed by atoms with Crippen LogP contribution in [0, 0.1) is 0 Å². The molecule has 3 nitrogen and oxygen atoms in total. The highest BCUT2D eigenvalue weighted by Gasteiger charge is 2.21. The largest absolute Gasteiger partial charge is 0.299 e. The molecule has 0 saturated heterocycles. The van der Waals surface area contributed by atoms with E-state index in [-0.39, 0.29) is 11.0 Å². The molecule has 3 heteroatoms. The molecule has 96 valence electrons. The summed E-state index contributed by atoms with van der Waals surface area (Å²) >= 11 is 0. The van der Waals surface area contributed by atoms with Crippen LogP contribution in [0.25, 0.3) is 0 Å². The van der Waals surface area contributed by atoms with Gasteiger partial charge >= 0.3 is 0 Å². The Morgan fingerprint density at radius 2 is 1.76 bits per heavy atom. The van der Waals surface area contributed by atoms with Crippen molar-refractivity contribution in [3.8, 4) is 0 Å². The van der Waals surface area contributed by atoms with Crippen LogP contribution in [0.1, 0.15) is 71.0 Å². The molecule has 0 spiro atoms. The summed E-state index contributed by atoms with van der Waals surface area (Å²) in [6.07, 6.45) is 7.42. The molecule has 1 N–H and O–H groups in total. The summed E-state index contributed by atoms with van der Waals surface area (Å²) < 4.78 is 1.87. The van der Waals surface area contributed by atoms with E-state index in [1.807, 2.05) is 4.68 Å². The number of rotatable bonds is 1. The van der Waals surface area contributed by atoms with Crippen LogP contribution < -0.4 is 5.56 Å². The van der Waals surface area contributed by atoms with Crippen LogP contribution in [0.4, 0.5) is 0 Å². The van der Waals surface area contributed by atoms with E-state index in [0.29, 0.717) is 6.04 Å². The zero-order chi connectivity index (χ0) is 12.5. The van der Waals surface area contributed by atoms with Crippen molar-refractivity contribution in [1.82, 2.24) is 9.78 Å². The molecule has 0 radical (unpaired) electrons. The Hall–Kier alpha value is -0.990. The van der Waals surface area contributed by atoms with Crippen LogP contribution in [0.2, 0.25) is 0 Å². The summed E-state index contributed by atoms with van der Waals surface area (Å²) in [6, 6.07) is 2.16.